The van der Waals surface area contributed by atoms with Crippen molar-refractivity contribution in [3.05, 3.63) is 11.6 Å². The Labute approximate surface area is 78.4 Å². The van der Waals surface area contributed by atoms with Crippen molar-refractivity contribution in [2.24, 2.45) is 11.8 Å². The van der Waals surface area contributed by atoms with E-state index < -0.39 is 0 Å². The smallest absolute Gasteiger partial charge is 0.220 e. The van der Waals surface area contributed by atoms with Crippen LogP contribution in [-0.2, 0) is 4.79 Å². The number of allylic oxidation sites excluding steroid dienone is 1. The Balaban J connectivity index is 1.90. The first-order chi connectivity index (χ1) is 6.34. The summed E-state index contributed by atoms with van der Waals surface area (Å²) < 4.78 is 0. The fraction of sp³-hybridized carbons (Fsp3) is 0.727. The number of carbonyl (C=O) groups excluding carboxylic acids is 1. The van der Waals surface area contributed by atoms with Gasteiger partial charge in [0.25, 0.3) is 0 Å². The minimum absolute atomic E-state index is 0.264. The summed E-state index contributed by atoms with van der Waals surface area (Å²) in [5.41, 5.74) is 1.56. The molecule has 1 heterocycles. The van der Waals surface area contributed by atoms with E-state index in [1.807, 2.05) is 0 Å². The van der Waals surface area contributed by atoms with Gasteiger partial charge in [-0.2, -0.15) is 0 Å². The SMILES string of the molecule is O=C1C[C@H]2C[C@@H]3CCCC=C3[C@H]2N1. The van der Waals surface area contributed by atoms with Gasteiger partial charge in [-0.3, -0.25) is 4.79 Å². The van der Waals surface area contributed by atoms with Gasteiger partial charge in [0.15, 0.2) is 0 Å². The zero-order chi connectivity index (χ0) is 8.84. The van der Waals surface area contributed by atoms with Crippen molar-refractivity contribution in [3.63, 3.8) is 0 Å². The number of amides is 1. The van der Waals surface area contributed by atoms with Crippen molar-refractivity contribution in [2.75, 3.05) is 0 Å². The Morgan fingerprint density at radius 1 is 1.46 bits per heavy atom. The lowest BCUT2D eigenvalue weighted by Crippen LogP contribution is -2.28. The second-order valence-electron chi connectivity index (χ2n) is 4.58. The van der Waals surface area contributed by atoms with Crippen molar-refractivity contribution < 1.29 is 4.79 Å². The molecule has 3 rings (SSSR count). The fourth-order valence-corrected chi connectivity index (χ4v) is 3.25. The number of nitrogens with one attached hydrogen (secondary N) is 1. The average molecular weight is 177 g/mol. The molecular weight excluding hydrogens is 162 g/mol. The van der Waals surface area contributed by atoms with E-state index in [-0.39, 0.29) is 5.91 Å². The molecule has 0 radical (unpaired) electrons. The molecule has 3 aliphatic rings. The second kappa shape index (κ2) is 2.60. The Kier molecular flexibility index (Phi) is 1.52. The maximum atomic E-state index is 11.2. The van der Waals surface area contributed by atoms with E-state index in [9.17, 15) is 4.79 Å². The first kappa shape index (κ1) is 7.60. The minimum Gasteiger partial charge on any atom is -0.349 e. The molecule has 1 N–H and O–H groups in total. The number of fused-ring (bicyclic) bond motifs is 3. The molecule has 0 aromatic heterocycles. The lowest BCUT2D eigenvalue weighted by Gasteiger charge is -2.20. The predicted molar refractivity (Wildman–Crippen MR) is 50.1 cm³/mol. The number of carbonyl (C=O) groups is 1. The molecule has 1 amide bonds. The number of hydrogen-bond acceptors (Lipinski definition) is 1. The van der Waals surface area contributed by atoms with Gasteiger partial charge < -0.3 is 5.32 Å². The van der Waals surface area contributed by atoms with Gasteiger partial charge in [0.1, 0.15) is 0 Å². The second-order valence-corrected chi connectivity index (χ2v) is 4.58. The number of hydrogen-bond donors (Lipinski definition) is 1. The summed E-state index contributed by atoms with van der Waals surface area (Å²) in [4.78, 5) is 11.2. The largest absolute Gasteiger partial charge is 0.349 e. The quantitative estimate of drug-likeness (QED) is 0.560. The lowest BCUT2D eigenvalue weighted by atomic mass is 9.89. The Morgan fingerprint density at radius 2 is 2.38 bits per heavy atom. The highest BCUT2D eigenvalue weighted by Gasteiger charge is 2.44. The van der Waals surface area contributed by atoms with E-state index in [2.05, 4.69) is 11.4 Å². The summed E-state index contributed by atoms with van der Waals surface area (Å²) in [6, 6.07) is 0.429. The third-order valence-corrected chi connectivity index (χ3v) is 3.79. The van der Waals surface area contributed by atoms with Gasteiger partial charge in [-0.05, 0) is 43.1 Å². The molecule has 2 nitrogen and oxygen atoms in total. The molecule has 70 valence electrons. The van der Waals surface area contributed by atoms with Crippen LogP contribution in [0.4, 0.5) is 0 Å². The molecule has 0 aromatic carbocycles. The van der Waals surface area contributed by atoms with Crippen LogP contribution < -0.4 is 5.32 Å². The van der Waals surface area contributed by atoms with E-state index in [1.165, 1.54) is 25.7 Å². The molecule has 1 saturated heterocycles. The van der Waals surface area contributed by atoms with Crippen LogP contribution >= 0.6 is 0 Å². The van der Waals surface area contributed by atoms with Crippen LogP contribution in [0, 0.1) is 11.8 Å². The van der Waals surface area contributed by atoms with Crippen molar-refractivity contribution in [2.45, 2.75) is 38.1 Å². The third-order valence-electron chi connectivity index (χ3n) is 3.79. The summed E-state index contributed by atoms with van der Waals surface area (Å²) in [5, 5.41) is 3.11. The zero-order valence-corrected chi connectivity index (χ0v) is 7.75. The molecule has 2 aliphatic carbocycles. The van der Waals surface area contributed by atoms with Crippen LogP contribution in [0.3, 0.4) is 0 Å². The van der Waals surface area contributed by atoms with Crippen LogP contribution in [0.1, 0.15) is 32.1 Å². The maximum Gasteiger partial charge on any atom is 0.220 e. The normalized spacial score (nSPS) is 42.3. The standard InChI is InChI=1S/C11H15NO/c13-10-6-8-5-7-3-1-2-4-9(7)11(8)12-10/h4,7-8,11H,1-3,5-6H2,(H,12,13)/t7-,8+,11-/m0/s1. The Hall–Kier alpha value is -0.790. The van der Waals surface area contributed by atoms with Crippen LogP contribution in [0.2, 0.25) is 0 Å². The monoisotopic (exact) mass is 177 g/mol. The minimum atomic E-state index is 0.264. The summed E-state index contributed by atoms with van der Waals surface area (Å²) in [7, 11) is 0. The number of rotatable bonds is 0. The van der Waals surface area contributed by atoms with Gasteiger partial charge in [0, 0.05) is 6.42 Å². The lowest BCUT2D eigenvalue weighted by molar-refractivity contribution is -0.119. The molecule has 2 heteroatoms. The zero-order valence-electron chi connectivity index (χ0n) is 7.75. The molecule has 0 unspecified atom stereocenters. The molecular formula is C11H15NO. The maximum absolute atomic E-state index is 11.2. The van der Waals surface area contributed by atoms with E-state index in [4.69, 9.17) is 0 Å². The first-order valence-corrected chi connectivity index (χ1v) is 5.34. The van der Waals surface area contributed by atoms with Gasteiger partial charge in [0.2, 0.25) is 5.91 Å². The van der Waals surface area contributed by atoms with Gasteiger partial charge in [-0.15, -0.1) is 0 Å². The molecule has 1 aliphatic heterocycles. The van der Waals surface area contributed by atoms with Crippen LogP contribution in [0.15, 0.2) is 11.6 Å². The van der Waals surface area contributed by atoms with E-state index >= 15 is 0 Å². The van der Waals surface area contributed by atoms with Gasteiger partial charge in [0.05, 0.1) is 6.04 Å². The summed E-state index contributed by atoms with van der Waals surface area (Å²) >= 11 is 0. The molecule has 2 fully saturated rings. The summed E-state index contributed by atoms with van der Waals surface area (Å²) in [6.07, 6.45) is 8.35. The Morgan fingerprint density at radius 3 is 3.31 bits per heavy atom. The Bertz CT molecular complexity index is 282. The van der Waals surface area contributed by atoms with Crippen LogP contribution in [0.5, 0.6) is 0 Å². The molecule has 0 aromatic rings. The first-order valence-electron chi connectivity index (χ1n) is 5.34. The van der Waals surface area contributed by atoms with Crippen LogP contribution in [-0.4, -0.2) is 11.9 Å². The molecule has 0 spiro atoms. The van der Waals surface area contributed by atoms with Crippen molar-refractivity contribution in [3.8, 4) is 0 Å². The van der Waals surface area contributed by atoms with E-state index in [0.717, 1.165) is 12.3 Å². The van der Waals surface area contributed by atoms with Crippen molar-refractivity contribution in [1.29, 1.82) is 0 Å². The van der Waals surface area contributed by atoms with E-state index in [1.54, 1.807) is 5.57 Å². The van der Waals surface area contributed by atoms with Crippen molar-refractivity contribution >= 4 is 5.91 Å². The highest BCUT2D eigenvalue weighted by atomic mass is 16.2. The van der Waals surface area contributed by atoms with E-state index in [0.29, 0.717) is 12.0 Å². The average Bonchev–Trinajstić information content (AvgIpc) is 2.60. The topological polar surface area (TPSA) is 29.1 Å². The molecule has 1 saturated carbocycles. The third kappa shape index (κ3) is 1.04. The van der Waals surface area contributed by atoms with Gasteiger partial charge in [-0.1, -0.05) is 6.08 Å². The van der Waals surface area contributed by atoms with Gasteiger partial charge in [-0.25, -0.2) is 0 Å². The highest BCUT2D eigenvalue weighted by Crippen LogP contribution is 2.45. The highest BCUT2D eigenvalue weighted by molar-refractivity contribution is 5.80. The summed E-state index contributed by atoms with van der Waals surface area (Å²) in [6.45, 7) is 0. The molecule has 13 heavy (non-hydrogen) atoms. The fourth-order valence-electron chi connectivity index (χ4n) is 3.25. The molecule has 0 bridgehead atoms. The van der Waals surface area contributed by atoms with Gasteiger partial charge >= 0.3 is 0 Å². The van der Waals surface area contributed by atoms with Crippen molar-refractivity contribution in [1.82, 2.24) is 5.32 Å². The predicted octanol–water partition coefficient (Wildman–Crippen LogP) is 1.62. The van der Waals surface area contributed by atoms with Crippen LogP contribution in [0.25, 0.3) is 0 Å². The molecule has 3 atom stereocenters. The summed E-state index contributed by atoms with van der Waals surface area (Å²) in [5.74, 6) is 1.70.